The Morgan fingerprint density at radius 3 is 2.52 bits per heavy atom. The summed E-state index contributed by atoms with van der Waals surface area (Å²) in [5, 5.41) is 2.90. The summed E-state index contributed by atoms with van der Waals surface area (Å²) < 4.78 is 5.52. The third-order valence-corrected chi connectivity index (χ3v) is 4.81. The number of nitrogens with zero attached hydrogens (tertiary/aromatic N) is 3. The molecule has 2 aromatic rings. The maximum absolute atomic E-state index is 12.5. The highest BCUT2D eigenvalue weighted by molar-refractivity contribution is 5.95. The number of hydrogen-bond acceptors (Lipinski definition) is 5. The number of aromatic nitrogens is 1. The first-order valence-electron chi connectivity index (χ1n) is 8.71. The second-order valence-electron chi connectivity index (χ2n) is 6.77. The van der Waals surface area contributed by atoms with E-state index in [9.17, 15) is 4.79 Å². The molecule has 0 aliphatic carbocycles. The molecule has 0 bridgehead atoms. The highest BCUT2D eigenvalue weighted by Gasteiger charge is 2.21. The maximum atomic E-state index is 12.5. The molecular formula is C19H26N4O2. The molecule has 1 aliphatic rings. The van der Waals surface area contributed by atoms with Gasteiger partial charge in [-0.2, -0.15) is 0 Å². The van der Waals surface area contributed by atoms with E-state index in [1.165, 1.54) is 0 Å². The van der Waals surface area contributed by atoms with Crippen LogP contribution in [0.2, 0.25) is 0 Å². The number of carbonyl (C=O) groups excluding carboxylic acids is 1. The van der Waals surface area contributed by atoms with Crippen LogP contribution in [0.4, 0.5) is 11.5 Å². The van der Waals surface area contributed by atoms with Gasteiger partial charge in [-0.3, -0.25) is 4.79 Å². The SMILES string of the molecule is Cc1cc([C@H](C)C(=O)Nc2ccc(N3CCN(C)CC3)cn2)c(C)o1. The standard InChI is InChI=1S/C19H26N4O2/c1-13-11-17(15(3)25-13)14(2)19(24)21-18-6-5-16(12-20-18)23-9-7-22(4)8-10-23/h5-6,11-12,14H,7-10H2,1-4H3,(H,20,21,24)/t14-/m0/s1. The summed E-state index contributed by atoms with van der Waals surface area (Å²) in [5.41, 5.74) is 2.02. The fraction of sp³-hybridized carbons (Fsp3) is 0.474. The van der Waals surface area contributed by atoms with E-state index in [0.717, 1.165) is 49.0 Å². The van der Waals surface area contributed by atoms with Gasteiger partial charge in [-0.25, -0.2) is 4.98 Å². The van der Waals surface area contributed by atoms with Gasteiger partial charge < -0.3 is 19.5 Å². The number of aryl methyl sites for hydroxylation is 2. The van der Waals surface area contributed by atoms with Gasteiger partial charge in [-0.1, -0.05) is 0 Å². The average molecular weight is 342 g/mol. The minimum absolute atomic E-state index is 0.0799. The van der Waals surface area contributed by atoms with Crippen molar-refractivity contribution in [3.05, 3.63) is 41.5 Å². The number of pyridine rings is 1. The third kappa shape index (κ3) is 4.02. The Morgan fingerprint density at radius 1 is 1.24 bits per heavy atom. The van der Waals surface area contributed by atoms with Crippen molar-refractivity contribution < 1.29 is 9.21 Å². The lowest BCUT2D eigenvalue weighted by Gasteiger charge is -2.33. The average Bonchev–Trinajstić information content (AvgIpc) is 2.94. The van der Waals surface area contributed by atoms with Crippen LogP contribution >= 0.6 is 0 Å². The van der Waals surface area contributed by atoms with Gasteiger partial charge in [0.15, 0.2) is 0 Å². The molecule has 1 fully saturated rings. The zero-order chi connectivity index (χ0) is 18.0. The molecule has 6 nitrogen and oxygen atoms in total. The van der Waals surface area contributed by atoms with Crippen molar-refractivity contribution in [3.63, 3.8) is 0 Å². The van der Waals surface area contributed by atoms with E-state index in [2.05, 4.69) is 27.1 Å². The van der Waals surface area contributed by atoms with Crippen molar-refractivity contribution in [3.8, 4) is 0 Å². The second-order valence-corrected chi connectivity index (χ2v) is 6.77. The van der Waals surface area contributed by atoms with Gasteiger partial charge in [0, 0.05) is 31.7 Å². The van der Waals surface area contributed by atoms with Crippen molar-refractivity contribution in [1.82, 2.24) is 9.88 Å². The summed E-state index contributed by atoms with van der Waals surface area (Å²) in [7, 11) is 2.14. The quantitative estimate of drug-likeness (QED) is 0.926. The first kappa shape index (κ1) is 17.5. The van der Waals surface area contributed by atoms with Crippen molar-refractivity contribution in [1.29, 1.82) is 0 Å². The number of piperazine rings is 1. The summed E-state index contributed by atoms with van der Waals surface area (Å²) in [4.78, 5) is 21.5. The van der Waals surface area contributed by atoms with Gasteiger partial charge >= 0.3 is 0 Å². The summed E-state index contributed by atoms with van der Waals surface area (Å²) in [6.07, 6.45) is 1.83. The minimum Gasteiger partial charge on any atom is -0.466 e. The summed E-state index contributed by atoms with van der Waals surface area (Å²) in [6.45, 7) is 9.76. The summed E-state index contributed by atoms with van der Waals surface area (Å²) in [6, 6.07) is 5.81. The highest BCUT2D eigenvalue weighted by atomic mass is 16.3. The van der Waals surface area contributed by atoms with Crippen LogP contribution in [-0.2, 0) is 4.79 Å². The van der Waals surface area contributed by atoms with Crippen molar-refractivity contribution in [2.75, 3.05) is 43.4 Å². The normalized spacial score (nSPS) is 16.7. The largest absolute Gasteiger partial charge is 0.466 e. The fourth-order valence-electron chi connectivity index (χ4n) is 3.17. The number of rotatable bonds is 4. The van der Waals surface area contributed by atoms with Gasteiger partial charge in [0.05, 0.1) is 17.8 Å². The second kappa shape index (κ2) is 7.27. The van der Waals surface area contributed by atoms with E-state index in [0.29, 0.717) is 5.82 Å². The molecule has 0 radical (unpaired) electrons. The maximum Gasteiger partial charge on any atom is 0.232 e. The Balaban J connectivity index is 1.63. The minimum atomic E-state index is -0.281. The Hall–Kier alpha value is -2.34. The van der Waals surface area contributed by atoms with Crippen molar-refractivity contribution in [2.45, 2.75) is 26.7 Å². The third-order valence-electron chi connectivity index (χ3n) is 4.81. The molecule has 3 rings (SSSR count). The van der Waals surface area contributed by atoms with Crippen LogP contribution < -0.4 is 10.2 Å². The van der Waals surface area contributed by atoms with Crippen LogP contribution in [0.5, 0.6) is 0 Å². The number of anilines is 2. The Labute approximate surface area is 148 Å². The van der Waals surface area contributed by atoms with Crippen LogP contribution in [0.15, 0.2) is 28.8 Å². The Morgan fingerprint density at radius 2 is 1.96 bits per heavy atom. The monoisotopic (exact) mass is 342 g/mol. The number of hydrogen-bond donors (Lipinski definition) is 1. The van der Waals surface area contributed by atoms with Crippen LogP contribution in [0.3, 0.4) is 0 Å². The molecule has 134 valence electrons. The Kier molecular flexibility index (Phi) is 5.08. The predicted octanol–water partition coefficient (Wildman–Crippen LogP) is 2.79. The van der Waals surface area contributed by atoms with Crippen molar-refractivity contribution in [2.24, 2.45) is 0 Å². The lowest BCUT2D eigenvalue weighted by atomic mass is 10.0. The van der Waals surface area contributed by atoms with E-state index in [-0.39, 0.29) is 11.8 Å². The molecule has 1 N–H and O–H groups in total. The van der Waals surface area contributed by atoms with E-state index < -0.39 is 0 Å². The van der Waals surface area contributed by atoms with Crippen molar-refractivity contribution >= 4 is 17.4 Å². The van der Waals surface area contributed by atoms with E-state index in [1.807, 2.05) is 45.2 Å². The molecule has 25 heavy (non-hydrogen) atoms. The molecule has 1 amide bonds. The van der Waals surface area contributed by atoms with Crippen LogP contribution in [0, 0.1) is 13.8 Å². The zero-order valence-corrected chi connectivity index (χ0v) is 15.4. The molecular weight excluding hydrogens is 316 g/mol. The van der Waals surface area contributed by atoms with Crippen LogP contribution in [0.25, 0.3) is 0 Å². The molecule has 1 aliphatic heterocycles. The highest BCUT2D eigenvalue weighted by Crippen LogP contribution is 2.24. The van der Waals surface area contributed by atoms with Crippen LogP contribution in [0.1, 0.15) is 29.9 Å². The molecule has 0 aromatic carbocycles. The van der Waals surface area contributed by atoms with Gasteiger partial charge in [-0.05, 0) is 46.0 Å². The molecule has 1 atom stereocenters. The molecule has 1 saturated heterocycles. The van der Waals surface area contributed by atoms with Gasteiger partial charge in [0.25, 0.3) is 0 Å². The number of furan rings is 1. The predicted molar refractivity (Wildman–Crippen MR) is 99.2 cm³/mol. The first-order valence-corrected chi connectivity index (χ1v) is 8.71. The van der Waals surface area contributed by atoms with E-state index in [1.54, 1.807) is 0 Å². The van der Waals surface area contributed by atoms with Crippen LogP contribution in [-0.4, -0.2) is 49.0 Å². The molecule has 0 unspecified atom stereocenters. The van der Waals surface area contributed by atoms with Gasteiger partial charge in [0.1, 0.15) is 17.3 Å². The molecule has 0 saturated carbocycles. The lowest BCUT2D eigenvalue weighted by Crippen LogP contribution is -2.44. The lowest BCUT2D eigenvalue weighted by molar-refractivity contribution is -0.117. The topological polar surface area (TPSA) is 61.6 Å². The number of amides is 1. The zero-order valence-electron chi connectivity index (χ0n) is 15.4. The number of nitrogens with one attached hydrogen (secondary N) is 1. The summed E-state index contributed by atoms with van der Waals surface area (Å²) >= 11 is 0. The first-order chi connectivity index (χ1) is 11.9. The fourth-order valence-corrected chi connectivity index (χ4v) is 3.17. The number of likely N-dealkylation sites (N-methyl/N-ethyl adjacent to an activating group) is 1. The molecule has 6 heteroatoms. The Bertz CT molecular complexity index is 730. The smallest absolute Gasteiger partial charge is 0.232 e. The van der Waals surface area contributed by atoms with E-state index in [4.69, 9.17) is 4.42 Å². The summed E-state index contributed by atoms with van der Waals surface area (Å²) in [5.74, 6) is 1.83. The molecule has 0 spiro atoms. The molecule has 3 heterocycles. The van der Waals surface area contributed by atoms with Gasteiger partial charge in [0.2, 0.25) is 5.91 Å². The number of carbonyl (C=O) groups is 1. The van der Waals surface area contributed by atoms with E-state index >= 15 is 0 Å². The molecule has 2 aromatic heterocycles. The van der Waals surface area contributed by atoms with Gasteiger partial charge in [-0.15, -0.1) is 0 Å².